The average Bonchev–Trinajstić information content (AvgIpc) is 2.68. The Morgan fingerprint density at radius 1 is 0.600 bits per heavy atom. The van der Waals surface area contributed by atoms with Gasteiger partial charge in [-0.05, 0) is 22.9 Å². The Balaban J connectivity index is 1.67. The second-order valence-electron chi connectivity index (χ2n) is 5.88. The third kappa shape index (κ3) is 3.04. The van der Waals surface area contributed by atoms with Crippen LogP contribution in [0.3, 0.4) is 0 Å². The van der Waals surface area contributed by atoms with Gasteiger partial charge >= 0.3 is 0 Å². The number of aliphatic imine (C=N–C) groups is 1. The lowest BCUT2D eigenvalue weighted by Gasteiger charge is -2.15. The Labute approximate surface area is 147 Å². The maximum Gasteiger partial charge on any atom is 0.200 e. The zero-order valence-electron chi connectivity index (χ0n) is 14.0. The third-order valence-corrected chi connectivity index (χ3v) is 4.31. The van der Waals surface area contributed by atoms with E-state index in [0.29, 0.717) is 5.96 Å². The Bertz CT molecular complexity index is 973. The summed E-state index contributed by atoms with van der Waals surface area (Å²) in [7, 11) is 1.78. The van der Waals surface area contributed by atoms with Gasteiger partial charge in [0, 0.05) is 29.2 Å². The first-order valence-corrected chi connectivity index (χ1v) is 8.31. The summed E-state index contributed by atoms with van der Waals surface area (Å²) < 4.78 is 0. The molecule has 122 valence electrons. The maximum absolute atomic E-state index is 4.39. The van der Waals surface area contributed by atoms with Crippen LogP contribution in [0, 0.1) is 0 Å². The van der Waals surface area contributed by atoms with Gasteiger partial charge in [0.1, 0.15) is 0 Å². The van der Waals surface area contributed by atoms with Crippen LogP contribution < -0.4 is 10.6 Å². The molecule has 0 radical (unpaired) electrons. The van der Waals surface area contributed by atoms with E-state index in [2.05, 4.69) is 101 Å². The summed E-state index contributed by atoms with van der Waals surface area (Å²) in [5.41, 5.74) is 2.07. The Kier molecular flexibility index (Phi) is 4.05. The molecule has 0 spiro atoms. The molecule has 0 aliphatic rings. The number of anilines is 2. The van der Waals surface area contributed by atoms with E-state index >= 15 is 0 Å². The van der Waals surface area contributed by atoms with Crippen LogP contribution in [0.5, 0.6) is 0 Å². The van der Waals surface area contributed by atoms with Gasteiger partial charge in [0.15, 0.2) is 5.96 Å². The predicted molar refractivity (Wildman–Crippen MR) is 109 cm³/mol. The number of fused-ring (bicyclic) bond motifs is 2. The molecule has 2 N–H and O–H groups in total. The van der Waals surface area contributed by atoms with Crippen LogP contribution in [0.1, 0.15) is 0 Å². The highest BCUT2D eigenvalue weighted by molar-refractivity contribution is 6.11. The first kappa shape index (κ1) is 15.2. The SMILES string of the molecule is CN=C(Nc1cccc2ccccc12)Nc1cccc2ccccc12. The highest BCUT2D eigenvalue weighted by Crippen LogP contribution is 2.25. The summed E-state index contributed by atoms with van der Waals surface area (Å²) in [5, 5.41) is 11.6. The molecule has 4 aromatic carbocycles. The van der Waals surface area contributed by atoms with E-state index in [9.17, 15) is 0 Å². The standard InChI is InChI=1S/C22H19N3/c1-23-22(24-20-14-6-10-16-8-2-4-12-18(16)20)25-21-15-7-11-17-9-3-5-13-19(17)21/h2-15H,1H3,(H2,23,24,25). The van der Waals surface area contributed by atoms with Crippen molar-refractivity contribution in [3.05, 3.63) is 84.9 Å². The van der Waals surface area contributed by atoms with Crippen molar-refractivity contribution in [1.29, 1.82) is 0 Å². The summed E-state index contributed by atoms with van der Waals surface area (Å²) >= 11 is 0. The fourth-order valence-corrected chi connectivity index (χ4v) is 3.07. The largest absolute Gasteiger partial charge is 0.326 e. The van der Waals surface area contributed by atoms with Crippen LogP contribution in [-0.4, -0.2) is 13.0 Å². The monoisotopic (exact) mass is 325 g/mol. The van der Waals surface area contributed by atoms with Crippen LogP contribution in [-0.2, 0) is 0 Å². The van der Waals surface area contributed by atoms with Crippen molar-refractivity contribution in [3.8, 4) is 0 Å². The molecule has 4 rings (SSSR count). The van der Waals surface area contributed by atoms with Crippen LogP contribution in [0.2, 0.25) is 0 Å². The van der Waals surface area contributed by atoms with Crippen molar-refractivity contribution < 1.29 is 0 Å². The minimum absolute atomic E-state index is 0.715. The number of benzene rings is 4. The van der Waals surface area contributed by atoms with Crippen molar-refractivity contribution in [2.24, 2.45) is 4.99 Å². The molecule has 0 aliphatic carbocycles. The van der Waals surface area contributed by atoms with Crippen molar-refractivity contribution in [3.63, 3.8) is 0 Å². The van der Waals surface area contributed by atoms with Gasteiger partial charge in [-0.2, -0.15) is 0 Å². The molecule has 0 unspecified atom stereocenters. The van der Waals surface area contributed by atoms with Crippen LogP contribution >= 0.6 is 0 Å². The summed E-state index contributed by atoms with van der Waals surface area (Å²) in [5.74, 6) is 0.715. The minimum Gasteiger partial charge on any atom is -0.326 e. The lowest BCUT2D eigenvalue weighted by atomic mass is 10.1. The zero-order valence-corrected chi connectivity index (χ0v) is 14.0. The van der Waals surface area contributed by atoms with Gasteiger partial charge in [-0.1, -0.05) is 72.8 Å². The van der Waals surface area contributed by atoms with Gasteiger partial charge in [-0.25, -0.2) is 0 Å². The fraction of sp³-hybridized carbons (Fsp3) is 0.0455. The molecule has 25 heavy (non-hydrogen) atoms. The first-order valence-electron chi connectivity index (χ1n) is 8.31. The first-order chi connectivity index (χ1) is 12.3. The van der Waals surface area contributed by atoms with Gasteiger partial charge in [0.05, 0.1) is 0 Å². The van der Waals surface area contributed by atoms with Gasteiger partial charge in [0.25, 0.3) is 0 Å². The highest BCUT2D eigenvalue weighted by Gasteiger charge is 2.06. The van der Waals surface area contributed by atoms with Crippen molar-refractivity contribution in [2.45, 2.75) is 0 Å². The molecule has 0 fully saturated rings. The van der Waals surface area contributed by atoms with E-state index in [0.717, 1.165) is 11.4 Å². The number of nitrogens with one attached hydrogen (secondary N) is 2. The third-order valence-electron chi connectivity index (χ3n) is 4.31. The minimum atomic E-state index is 0.715. The Morgan fingerprint density at radius 3 is 1.52 bits per heavy atom. The molecule has 0 aromatic heterocycles. The van der Waals surface area contributed by atoms with E-state index < -0.39 is 0 Å². The number of guanidine groups is 1. The number of hydrogen-bond donors (Lipinski definition) is 2. The molecule has 4 aromatic rings. The maximum atomic E-state index is 4.39. The molecule has 0 heterocycles. The molecule has 0 aliphatic heterocycles. The molecular weight excluding hydrogens is 306 g/mol. The number of rotatable bonds is 2. The molecule has 0 saturated carbocycles. The molecule has 0 bridgehead atoms. The van der Waals surface area contributed by atoms with Crippen LogP contribution in [0.4, 0.5) is 11.4 Å². The molecule has 0 amide bonds. The molecular formula is C22H19N3. The quantitative estimate of drug-likeness (QED) is 0.377. The van der Waals surface area contributed by atoms with E-state index in [4.69, 9.17) is 0 Å². The summed E-state index contributed by atoms with van der Waals surface area (Å²) in [6.07, 6.45) is 0. The summed E-state index contributed by atoms with van der Waals surface area (Å²) in [4.78, 5) is 4.39. The Morgan fingerprint density at radius 2 is 1.04 bits per heavy atom. The van der Waals surface area contributed by atoms with Crippen molar-refractivity contribution in [1.82, 2.24) is 0 Å². The van der Waals surface area contributed by atoms with Gasteiger partial charge < -0.3 is 10.6 Å². The smallest absolute Gasteiger partial charge is 0.200 e. The van der Waals surface area contributed by atoms with Crippen molar-refractivity contribution in [2.75, 3.05) is 17.7 Å². The second-order valence-corrected chi connectivity index (χ2v) is 5.88. The molecule has 0 atom stereocenters. The number of nitrogens with zero attached hydrogens (tertiary/aromatic N) is 1. The van der Waals surface area contributed by atoms with E-state index in [1.165, 1.54) is 21.5 Å². The summed E-state index contributed by atoms with van der Waals surface area (Å²) in [6, 6.07) is 29.1. The van der Waals surface area contributed by atoms with Crippen LogP contribution in [0.15, 0.2) is 89.9 Å². The zero-order chi connectivity index (χ0) is 17.1. The van der Waals surface area contributed by atoms with Crippen molar-refractivity contribution >= 4 is 38.9 Å². The molecule has 3 nitrogen and oxygen atoms in total. The van der Waals surface area contributed by atoms with E-state index in [1.54, 1.807) is 7.05 Å². The normalized spacial score (nSPS) is 10.6. The van der Waals surface area contributed by atoms with E-state index in [-0.39, 0.29) is 0 Å². The number of hydrogen-bond acceptors (Lipinski definition) is 1. The fourth-order valence-electron chi connectivity index (χ4n) is 3.07. The lowest BCUT2D eigenvalue weighted by Crippen LogP contribution is -2.22. The van der Waals surface area contributed by atoms with Gasteiger partial charge in [-0.15, -0.1) is 0 Å². The van der Waals surface area contributed by atoms with E-state index in [1.807, 2.05) is 0 Å². The molecule has 3 heteroatoms. The average molecular weight is 325 g/mol. The van der Waals surface area contributed by atoms with Crippen LogP contribution in [0.25, 0.3) is 21.5 Å². The summed E-state index contributed by atoms with van der Waals surface area (Å²) in [6.45, 7) is 0. The predicted octanol–water partition coefficient (Wildman–Crippen LogP) is 5.50. The molecule has 0 saturated heterocycles. The lowest BCUT2D eigenvalue weighted by molar-refractivity contribution is 1.40. The Hall–Kier alpha value is -3.33. The van der Waals surface area contributed by atoms with Gasteiger partial charge in [-0.3, -0.25) is 4.99 Å². The topological polar surface area (TPSA) is 36.4 Å². The van der Waals surface area contributed by atoms with Gasteiger partial charge in [0.2, 0.25) is 0 Å². The highest BCUT2D eigenvalue weighted by atomic mass is 15.2. The second kappa shape index (κ2) is 6.65.